The Morgan fingerprint density at radius 1 is 1.30 bits per heavy atom. The summed E-state index contributed by atoms with van der Waals surface area (Å²) in [6, 6.07) is 2.27. The van der Waals surface area contributed by atoms with E-state index in [-0.39, 0.29) is 6.04 Å². The Hall–Kier alpha value is -1.91. The zero-order valence-electron chi connectivity index (χ0n) is 12.0. The molecule has 1 unspecified atom stereocenters. The van der Waals surface area contributed by atoms with Crippen molar-refractivity contribution >= 4 is 5.95 Å². The van der Waals surface area contributed by atoms with Gasteiger partial charge in [-0.1, -0.05) is 12.1 Å². The van der Waals surface area contributed by atoms with Gasteiger partial charge in [0.15, 0.2) is 5.76 Å². The lowest BCUT2D eigenvalue weighted by Crippen LogP contribution is -2.34. The summed E-state index contributed by atoms with van der Waals surface area (Å²) < 4.78 is 5.52. The molecule has 1 fully saturated rings. The quantitative estimate of drug-likeness (QED) is 0.859. The summed E-state index contributed by atoms with van der Waals surface area (Å²) in [5.41, 5.74) is 2.09. The Morgan fingerprint density at radius 2 is 2.10 bits per heavy atom. The van der Waals surface area contributed by atoms with E-state index in [1.54, 1.807) is 0 Å². The second-order valence-corrected chi connectivity index (χ2v) is 5.34. The maximum Gasteiger partial charge on any atom is 0.225 e. The third-order valence-electron chi connectivity index (χ3n) is 3.79. The van der Waals surface area contributed by atoms with E-state index < -0.39 is 0 Å². The standard InChI is InChI=1S/C15H20N4O/c1-3-12-8-14(20-18-12)13-6-4-5-7-19(13)15-16-9-11(2)10-17-15/h8-10,13H,3-7H2,1-2H3. The summed E-state index contributed by atoms with van der Waals surface area (Å²) in [6.07, 6.45) is 8.07. The Kier molecular flexibility index (Phi) is 3.67. The molecular weight excluding hydrogens is 252 g/mol. The Morgan fingerprint density at radius 3 is 2.80 bits per heavy atom. The molecule has 0 bridgehead atoms. The summed E-state index contributed by atoms with van der Waals surface area (Å²) >= 11 is 0. The van der Waals surface area contributed by atoms with Crippen molar-refractivity contribution in [3.8, 4) is 0 Å². The second kappa shape index (κ2) is 5.61. The SMILES string of the molecule is CCc1cc(C2CCCCN2c2ncc(C)cn2)on1. The van der Waals surface area contributed by atoms with Crippen LogP contribution in [0.5, 0.6) is 0 Å². The van der Waals surface area contributed by atoms with Crippen molar-refractivity contribution in [3.63, 3.8) is 0 Å². The van der Waals surface area contributed by atoms with Gasteiger partial charge in [-0.05, 0) is 38.2 Å². The molecule has 1 aliphatic heterocycles. The molecule has 20 heavy (non-hydrogen) atoms. The van der Waals surface area contributed by atoms with E-state index in [9.17, 15) is 0 Å². The molecule has 2 aromatic heterocycles. The Labute approximate surface area is 119 Å². The predicted octanol–water partition coefficient (Wildman–Crippen LogP) is 3.07. The van der Waals surface area contributed by atoms with E-state index in [1.807, 2.05) is 19.3 Å². The highest BCUT2D eigenvalue weighted by Crippen LogP contribution is 2.33. The lowest BCUT2D eigenvalue weighted by molar-refractivity contribution is 0.325. The molecule has 2 aromatic rings. The molecule has 5 nitrogen and oxygen atoms in total. The fourth-order valence-corrected chi connectivity index (χ4v) is 2.65. The van der Waals surface area contributed by atoms with Crippen LogP contribution >= 0.6 is 0 Å². The van der Waals surface area contributed by atoms with Crippen LogP contribution in [0.25, 0.3) is 0 Å². The minimum atomic E-state index is 0.208. The molecule has 1 aliphatic rings. The number of hydrogen-bond acceptors (Lipinski definition) is 5. The highest BCUT2D eigenvalue weighted by Gasteiger charge is 2.29. The number of nitrogens with zero attached hydrogens (tertiary/aromatic N) is 4. The van der Waals surface area contributed by atoms with E-state index in [4.69, 9.17) is 4.52 Å². The van der Waals surface area contributed by atoms with Gasteiger partial charge in [-0.25, -0.2) is 9.97 Å². The van der Waals surface area contributed by atoms with E-state index in [1.165, 1.54) is 12.8 Å². The van der Waals surface area contributed by atoms with Crippen LogP contribution in [0.2, 0.25) is 0 Å². The average Bonchev–Trinajstić information content (AvgIpc) is 2.97. The third-order valence-corrected chi connectivity index (χ3v) is 3.79. The molecule has 0 radical (unpaired) electrons. The molecule has 0 aromatic carbocycles. The highest BCUT2D eigenvalue weighted by atomic mass is 16.5. The summed E-state index contributed by atoms with van der Waals surface area (Å²) in [4.78, 5) is 11.2. The molecule has 5 heteroatoms. The molecule has 0 N–H and O–H groups in total. The van der Waals surface area contributed by atoms with Crippen molar-refractivity contribution in [1.29, 1.82) is 0 Å². The molecule has 0 amide bonds. The number of anilines is 1. The lowest BCUT2D eigenvalue weighted by atomic mass is 10.00. The fourth-order valence-electron chi connectivity index (χ4n) is 2.65. The van der Waals surface area contributed by atoms with E-state index in [0.29, 0.717) is 0 Å². The van der Waals surface area contributed by atoms with Gasteiger partial charge in [-0.2, -0.15) is 0 Å². The average molecular weight is 272 g/mol. The predicted molar refractivity (Wildman–Crippen MR) is 76.6 cm³/mol. The number of aromatic nitrogens is 3. The normalized spacial score (nSPS) is 19.3. The highest BCUT2D eigenvalue weighted by molar-refractivity contribution is 5.35. The molecule has 0 aliphatic carbocycles. The summed E-state index contributed by atoms with van der Waals surface area (Å²) in [5, 5.41) is 4.11. The zero-order chi connectivity index (χ0) is 13.9. The molecule has 3 heterocycles. The first-order valence-corrected chi connectivity index (χ1v) is 7.28. The Bertz CT molecular complexity index is 564. The first kappa shape index (κ1) is 13.1. The van der Waals surface area contributed by atoms with E-state index >= 15 is 0 Å². The zero-order valence-corrected chi connectivity index (χ0v) is 12.0. The van der Waals surface area contributed by atoms with Crippen LogP contribution in [0.3, 0.4) is 0 Å². The second-order valence-electron chi connectivity index (χ2n) is 5.34. The molecule has 3 rings (SSSR count). The van der Waals surface area contributed by atoms with Crippen LogP contribution in [0, 0.1) is 6.92 Å². The van der Waals surface area contributed by atoms with Gasteiger partial charge in [-0.15, -0.1) is 0 Å². The number of piperidine rings is 1. The van der Waals surface area contributed by atoms with Gasteiger partial charge >= 0.3 is 0 Å². The van der Waals surface area contributed by atoms with Crippen molar-refractivity contribution in [2.24, 2.45) is 0 Å². The number of hydrogen-bond donors (Lipinski definition) is 0. The Balaban J connectivity index is 1.88. The van der Waals surface area contributed by atoms with Crippen LogP contribution in [-0.2, 0) is 6.42 Å². The van der Waals surface area contributed by atoms with Gasteiger partial charge < -0.3 is 9.42 Å². The molecule has 0 spiro atoms. The van der Waals surface area contributed by atoms with Gasteiger partial charge in [0.1, 0.15) is 0 Å². The number of rotatable bonds is 3. The lowest BCUT2D eigenvalue weighted by Gasteiger charge is -2.34. The van der Waals surface area contributed by atoms with E-state index in [0.717, 1.165) is 42.4 Å². The first-order chi connectivity index (χ1) is 9.78. The van der Waals surface area contributed by atoms with Crippen molar-refractivity contribution in [2.75, 3.05) is 11.4 Å². The molecule has 0 saturated carbocycles. The van der Waals surface area contributed by atoms with Crippen molar-refractivity contribution in [3.05, 3.63) is 35.5 Å². The van der Waals surface area contributed by atoms with Crippen molar-refractivity contribution < 1.29 is 4.52 Å². The van der Waals surface area contributed by atoms with Crippen molar-refractivity contribution in [2.45, 2.75) is 45.6 Å². The van der Waals surface area contributed by atoms with Crippen LogP contribution in [0.1, 0.15) is 49.2 Å². The van der Waals surface area contributed by atoms with Gasteiger partial charge in [0, 0.05) is 25.0 Å². The third kappa shape index (κ3) is 2.53. The minimum absolute atomic E-state index is 0.208. The molecular formula is C15H20N4O. The first-order valence-electron chi connectivity index (χ1n) is 7.28. The monoisotopic (exact) mass is 272 g/mol. The van der Waals surface area contributed by atoms with Gasteiger partial charge in [0.25, 0.3) is 0 Å². The summed E-state index contributed by atoms with van der Waals surface area (Å²) in [5.74, 6) is 1.72. The minimum Gasteiger partial charge on any atom is -0.359 e. The topological polar surface area (TPSA) is 55.1 Å². The fraction of sp³-hybridized carbons (Fsp3) is 0.533. The smallest absolute Gasteiger partial charge is 0.225 e. The van der Waals surface area contributed by atoms with Gasteiger partial charge in [0.2, 0.25) is 5.95 Å². The van der Waals surface area contributed by atoms with Crippen molar-refractivity contribution in [1.82, 2.24) is 15.1 Å². The van der Waals surface area contributed by atoms with Crippen LogP contribution in [0.4, 0.5) is 5.95 Å². The van der Waals surface area contributed by atoms with Crippen LogP contribution in [0.15, 0.2) is 23.0 Å². The van der Waals surface area contributed by atoms with E-state index in [2.05, 4.69) is 33.0 Å². The summed E-state index contributed by atoms with van der Waals surface area (Å²) in [6.45, 7) is 5.06. The maximum atomic E-state index is 5.52. The van der Waals surface area contributed by atoms with Crippen LogP contribution < -0.4 is 4.90 Å². The molecule has 106 valence electrons. The largest absolute Gasteiger partial charge is 0.359 e. The number of aryl methyl sites for hydroxylation is 2. The summed E-state index contributed by atoms with van der Waals surface area (Å²) in [7, 11) is 0. The maximum absolute atomic E-state index is 5.52. The van der Waals surface area contributed by atoms with Gasteiger partial charge in [0.05, 0.1) is 11.7 Å². The van der Waals surface area contributed by atoms with Gasteiger partial charge in [-0.3, -0.25) is 0 Å². The molecule has 1 atom stereocenters. The molecule has 1 saturated heterocycles. The van der Waals surface area contributed by atoms with Crippen LogP contribution in [-0.4, -0.2) is 21.7 Å².